The van der Waals surface area contributed by atoms with E-state index in [0.717, 1.165) is 23.4 Å². The Labute approximate surface area is 154 Å². The Kier molecular flexibility index (Phi) is 7.34. The van der Waals surface area contributed by atoms with E-state index in [1.165, 1.54) is 4.90 Å². The van der Waals surface area contributed by atoms with E-state index < -0.39 is 0 Å². The van der Waals surface area contributed by atoms with E-state index in [1.54, 1.807) is 18.9 Å². The van der Waals surface area contributed by atoms with Gasteiger partial charge in [0.05, 0.1) is 13.2 Å². The molecule has 2 N–H and O–H groups in total. The maximum atomic E-state index is 12.5. The lowest BCUT2D eigenvalue weighted by Crippen LogP contribution is -2.40. The van der Waals surface area contributed by atoms with Crippen LogP contribution in [0.2, 0.25) is 0 Å². The van der Waals surface area contributed by atoms with Gasteiger partial charge in [-0.1, -0.05) is 19.1 Å². The minimum absolute atomic E-state index is 0.0381. The topological polar surface area (TPSA) is 50.4 Å². The number of amides is 1. The van der Waals surface area contributed by atoms with Crippen LogP contribution in [0.1, 0.15) is 31.9 Å². The van der Waals surface area contributed by atoms with Gasteiger partial charge in [0.1, 0.15) is 5.75 Å². The van der Waals surface area contributed by atoms with E-state index in [1.807, 2.05) is 61.7 Å². The van der Waals surface area contributed by atoms with Crippen LogP contribution >= 0.6 is 11.8 Å². The molecule has 2 unspecified atom stereocenters. The van der Waals surface area contributed by atoms with Crippen molar-refractivity contribution in [1.82, 2.24) is 5.32 Å². The lowest BCUT2D eigenvalue weighted by atomic mass is 10.0. The molecule has 0 radical (unpaired) electrons. The summed E-state index contributed by atoms with van der Waals surface area (Å²) in [4.78, 5) is 13.6. The minimum Gasteiger partial charge on any atom is -0.497 e. The molecule has 0 aliphatic heterocycles. The smallest absolute Gasteiger partial charge is 0.241 e. The highest BCUT2D eigenvalue weighted by molar-refractivity contribution is 7.98. The molecule has 0 spiro atoms. The van der Waals surface area contributed by atoms with E-state index >= 15 is 0 Å². The van der Waals surface area contributed by atoms with Gasteiger partial charge in [-0.15, -0.1) is 11.8 Å². The van der Waals surface area contributed by atoms with Crippen LogP contribution in [0.15, 0.2) is 53.4 Å². The Morgan fingerprint density at radius 3 is 2.28 bits per heavy atom. The summed E-state index contributed by atoms with van der Waals surface area (Å²) in [5.74, 6) is 0.793. The van der Waals surface area contributed by atoms with Crippen molar-refractivity contribution in [2.75, 3.05) is 18.7 Å². The van der Waals surface area contributed by atoms with Crippen LogP contribution in [-0.4, -0.2) is 25.3 Å². The molecule has 25 heavy (non-hydrogen) atoms. The van der Waals surface area contributed by atoms with Crippen LogP contribution in [0.3, 0.4) is 0 Å². The van der Waals surface area contributed by atoms with Gasteiger partial charge in [-0.25, -0.2) is 0 Å². The third kappa shape index (κ3) is 5.51. The van der Waals surface area contributed by atoms with Gasteiger partial charge in [-0.3, -0.25) is 10.1 Å². The predicted octanol–water partition coefficient (Wildman–Crippen LogP) is 4.49. The number of rotatable bonds is 8. The molecule has 0 saturated carbocycles. The molecule has 0 aromatic heterocycles. The summed E-state index contributed by atoms with van der Waals surface area (Å²) >= 11 is 1.68. The number of ether oxygens (including phenoxy) is 1. The van der Waals surface area contributed by atoms with Crippen molar-refractivity contribution in [1.29, 1.82) is 0 Å². The number of carbonyl (C=O) groups excluding carboxylic acids is 1. The van der Waals surface area contributed by atoms with Crippen molar-refractivity contribution in [3.05, 3.63) is 54.1 Å². The Morgan fingerprint density at radius 2 is 1.76 bits per heavy atom. The van der Waals surface area contributed by atoms with Gasteiger partial charge in [-0.2, -0.15) is 0 Å². The minimum atomic E-state index is -0.299. The fourth-order valence-corrected chi connectivity index (χ4v) is 3.00. The Morgan fingerprint density at radius 1 is 1.12 bits per heavy atom. The predicted molar refractivity (Wildman–Crippen MR) is 105 cm³/mol. The molecule has 0 fully saturated rings. The molecule has 4 nitrogen and oxygen atoms in total. The molecule has 5 heteroatoms. The summed E-state index contributed by atoms with van der Waals surface area (Å²) in [6.07, 6.45) is 2.93. The highest BCUT2D eigenvalue weighted by Crippen LogP contribution is 2.21. The second-order valence-electron chi connectivity index (χ2n) is 5.84. The molecule has 1 amide bonds. The molecule has 0 saturated heterocycles. The van der Waals surface area contributed by atoms with Gasteiger partial charge >= 0.3 is 0 Å². The summed E-state index contributed by atoms with van der Waals surface area (Å²) in [6.45, 7) is 3.99. The second-order valence-corrected chi connectivity index (χ2v) is 6.72. The molecule has 2 rings (SSSR count). The van der Waals surface area contributed by atoms with E-state index in [2.05, 4.69) is 17.6 Å². The first-order valence-corrected chi connectivity index (χ1v) is 9.64. The molecule has 0 aliphatic rings. The second kappa shape index (κ2) is 9.49. The van der Waals surface area contributed by atoms with Gasteiger partial charge in [0, 0.05) is 16.6 Å². The number of hydrogen-bond acceptors (Lipinski definition) is 4. The van der Waals surface area contributed by atoms with Crippen molar-refractivity contribution < 1.29 is 9.53 Å². The van der Waals surface area contributed by atoms with Gasteiger partial charge in [0.15, 0.2) is 0 Å². The zero-order valence-corrected chi connectivity index (χ0v) is 16.0. The number of carbonyl (C=O) groups is 1. The summed E-state index contributed by atoms with van der Waals surface area (Å²) in [5.41, 5.74) is 1.96. The van der Waals surface area contributed by atoms with Gasteiger partial charge in [-0.05, 0) is 61.6 Å². The summed E-state index contributed by atoms with van der Waals surface area (Å²) < 4.78 is 5.20. The monoisotopic (exact) mass is 358 g/mol. The standard InChI is InChI=1S/C20H26N2O2S/c1-5-19(15-6-10-17(24-3)11-7-15)21-14(2)20(23)22-16-8-12-18(25-4)13-9-16/h6-14,19,21H,5H2,1-4H3,(H,22,23). The number of nitrogens with one attached hydrogen (secondary N) is 2. The summed E-state index contributed by atoms with van der Waals surface area (Å²) in [7, 11) is 1.66. The molecule has 0 heterocycles. The molecule has 2 aromatic rings. The number of benzene rings is 2. The normalized spacial score (nSPS) is 13.1. The van der Waals surface area contributed by atoms with Gasteiger partial charge in [0.25, 0.3) is 0 Å². The van der Waals surface area contributed by atoms with Crippen LogP contribution in [0.4, 0.5) is 5.69 Å². The quantitative estimate of drug-likeness (QED) is 0.683. The average molecular weight is 359 g/mol. The Hall–Kier alpha value is -1.98. The van der Waals surface area contributed by atoms with E-state index in [9.17, 15) is 4.79 Å². The average Bonchev–Trinajstić information content (AvgIpc) is 2.66. The lowest BCUT2D eigenvalue weighted by Gasteiger charge is -2.22. The number of anilines is 1. The molecular weight excluding hydrogens is 332 g/mol. The van der Waals surface area contributed by atoms with Crippen LogP contribution in [0.5, 0.6) is 5.75 Å². The first-order valence-electron chi connectivity index (χ1n) is 8.42. The van der Waals surface area contributed by atoms with E-state index in [0.29, 0.717) is 0 Å². The van der Waals surface area contributed by atoms with E-state index in [4.69, 9.17) is 4.74 Å². The molecule has 0 aliphatic carbocycles. The van der Waals surface area contributed by atoms with Crippen molar-refractivity contribution >= 4 is 23.4 Å². The van der Waals surface area contributed by atoms with Crippen molar-refractivity contribution in [2.24, 2.45) is 0 Å². The van der Waals surface area contributed by atoms with Crippen molar-refractivity contribution in [3.8, 4) is 5.75 Å². The zero-order chi connectivity index (χ0) is 18.2. The molecule has 0 bridgehead atoms. The van der Waals surface area contributed by atoms with Gasteiger partial charge in [0.2, 0.25) is 5.91 Å². The maximum Gasteiger partial charge on any atom is 0.241 e. The van der Waals surface area contributed by atoms with Crippen LogP contribution in [0.25, 0.3) is 0 Å². The largest absolute Gasteiger partial charge is 0.497 e. The fraction of sp³-hybridized carbons (Fsp3) is 0.350. The maximum absolute atomic E-state index is 12.5. The molecule has 2 aromatic carbocycles. The molecule has 134 valence electrons. The number of methoxy groups -OCH3 is 1. The van der Waals surface area contributed by atoms with Crippen molar-refractivity contribution in [2.45, 2.75) is 37.2 Å². The van der Waals surface area contributed by atoms with Crippen LogP contribution < -0.4 is 15.4 Å². The Balaban J connectivity index is 1.97. The van der Waals surface area contributed by atoms with Crippen molar-refractivity contribution in [3.63, 3.8) is 0 Å². The highest BCUT2D eigenvalue weighted by atomic mass is 32.2. The van der Waals surface area contributed by atoms with Gasteiger partial charge < -0.3 is 10.1 Å². The SMILES string of the molecule is CCC(NC(C)C(=O)Nc1ccc(SC)cc1)c1ccc(OC)cc1. The number of thioether (sulfide) groups is 1. The first kappa shape index (κ1) is 19.3. The van der Waals surface area contributed by atoms with Crippen LogP contribution in [-0.2, 0) is 4.79 Å². The lowest BCUT2D eigenvalue weighted by molar-refractivity contribution is -0.118. The molecular formula is C20H26N2O2S. The zero-order valence-electron chi connectivity index (χ0n) is 15.2. The first-order chi connectivity index (χ1) is 12.1. The third-order valence-electron chi connectivity index (χ3n) is 4.13. The summed E-state index contributed by atoms with van der Waals surface area (Å²) in [5, 5.41) is 6.37. The third-order valence-corrected chi connectivity index (χ3v) is 4.87. The van der Waals surface area contributed by atoms with Crippen LogP contribution in [0, 0.1) is 0 Å². The highest BCUT2D eigenvalue weighted by Gasteiger charge is 2.18. The fourth-order valence-electron chi connectivity index (χ4n) is 2.59. The number of hydrogen-bond donors (Lipinski definition) is 2. The molecule has 2 atom stereocenters. The van der Waals surface area contributed by atoms with E-state index in [-0.39, 0.29) is 18.0 Å². The Bertz CT molecular complexity index is 671. The summed E-state index contributed by atoms with van der Waals surface area (Å²) in [6, 6.07) is 15.6.